The van der Waals surface area contributed by atoms with E-state index in [0.717, 1.165) is 12.4 Å². The number of carbonyl (C=O) groups is 2. The second-order valence-corrected chi connectivity index (χ2v) is 15.9. The lowest BCUT2D eigenvalue weighted by molar-refractivity contribution is -0.141. The predicted octanol–water partition coefficient (Wildman–Crippen LogP) is 3.08. The summed E-state index contributed by atoms with van der Waals surface area (Å²) in [4.78, 5) is 63.1. The van der Waals surface area contributed by atoms with E-state index in [2.05, 4.69) is 39.9 Å². The fourth-order valence-corrected chi connectivity index (χ4v) is 8.64. The highest BCUT2D eigenvalue weighted by molar-refractivity contribution is 5.92. The van der Waals surface area contributed by atoms with Crippen LogP contribution in [0.2, 0.25) is 0 Å². The maximum absolute atomic E-state index is 13.7. The minimum Gasteiger partial charge on any atom is -0.441 e. The molecule has 4 aliphatic heterocycles. The highest BCUT2D eigenvalue weighted by atomic mass is 19.4. The number of aliphatic hydroxyl groups excluding tert-OH is 2. The molecule has 28 heteroatoms. The van der Waals surface area contributed by atoms with E-state index in [1.165, 1.54) is 21.9 Å². The average molecular weight is 951 g/mol. The number of alkyl halides is 6. The Morgan fingerprint density at radius 3 is 1.31 bits per heavy atom. The van der Waals surface area contributed by atoms with E-state index in [0.29, 0.717) is 78.3 Å². The number of anilines is 6. The van der Waals surface area contributed by atoms with Crippen molar-refractivity contribution in [2.75, 3.05) is 83.7 Å². The van der Waals surface area contributed by atoms with E-state index >= 15 is 0 Å². The smallest absolute Gasteiger partial charge is 0.434 e. The zero-order chi connectivity index (χ0) is 46.7. The summed E-state index contributed by atoms with van der Waals surface area (Å²) in [6.45, 7) is 3.25. The Labute approximate surface area is 376 Å². The number of aliphatic hydroxyl groups is 2. The van der Waals surface area contributed by atoms with Crippen LogP contribution in [0.1, 0.15) is 44.5 Å². The van der Waals surface area contributed by atoms with E-state index in [1.54, 1.807) is 9.80 Å². The van der Waals surface area contributed by atoms with Crippen molar-refractivity contribution in [2.24, 2.45) is 0 Å². The lowest BCUT2D eigenvalue weighted by atomic mass is 10.1. The summed E-state index contributed by atoms with van der Waals surface area (Å²) in [5.74, 6) is -0.661. The number of nitrogens with zero attached hydrogens (tertiary/aromatic N) is 12. The van der Waals surface area contributed by atoms with Crippen LogP contribution in [0.25, 0.3) is 22.5 Å². The molecule has 22 nitrogen and oxygen atoms in total. The standard InChI is InChI=1S/2C19H20F3N7O4.CH4/c2*20-19(21,22)15-9(8-24-16(23)27-15)10-7-13(26-17(25-10)28-3-5-32-6-4-28)29-11-1-2-12(30)14(11)33-18(29)31;/h2*7-8,11-12,14,30H,1-6H2,(H2,23,24,27);1H4/t2*11-,12-,14?;/m10./s1. The van der Waals surface area contributed by atoms with Gasteiger partial charge in [-0.25, -0.2) is 39.5 Å². The Kier molecular flexibility index (Phi) is 12.8. The third-order valence-electron chi connectivity index (χ3n) is 11.8. The first-order chi connectivity index (χ1) is 31.4. The molecular formula is C39H44F6N14O8. The van der Waals surface area contributed by atoms with Crippen LogP contribution in [0.4, 0.5) is 71.4 Å². The number of halogens is 6. The molecule has 0 aromatic carbocycles. The molecule has 6 aliphatic rings. The van der Waals surface area contributed by atoms with Gasteiger partial charge in [-0.3, -0.25) is 9.80 Å². The molecule has 6 N–H and O–H groups in total. The number of hydrogen-bond donors (Lipinski definition) is 4. The molecular weight excluding hydrogens is 907 g/mol. The van der Waals surface area contributed by atoms with Crippen LogP contribution >= 0.6 is 0 Å². The van der Waals surface area contributed by atoms with Gasteiger partial charge < -0.3 is 50.4 Å². The second kappa shape index (κ2) is 18.3. The van der Waals surface area contributed by atoms with Crippen molar-refractivity contribution in [3.05, 3.63) is 35.9 Å². The monoisotopic (exact) mass is 950 g/mol. The zero-order valence-corrected chi connectivity index (χ0v) is 34.4. The molecule has 2 saturated carbocycles. The molecule has 2 aliphatic carbocycles. The number of carbonyl (C=O) groups excluding carboxylic acids is 2. The number of hydrogen-bond acceptors (Lipinski definition) is 20. The van der Waals surface area contributed by atoms with Gasteiger partial charge in [-0.05, 0) is 25.7 Å². The third kappa shape index (κ3) is 9.29. The fraction of sp³-hybridized carbons (Fsp3) is 0.538. The van der Waals surface area contributed by atoms with Gasteiger partial charge in [0.1, 0.15) is 11.6 Å². The molecule has 0 radical (unpaired) electrons. The first kappa shape index (κ1) is 47.0. The summed E-state index contributed by atoms with van der Waals surface area (Å²) in [6, 6.07) is 1.56. The summed E-state index contributed by atoms with van der Waals surface area (Å²) >= 11 is 0. The number of nitrogen functional groups attached to an aromatic ring is 2. The van der Waals surface area contributed by atoms with Crippen LogP contribution in [-0.4, -0.2) is 151 Å². The van der Waals surface area contributed by atoms with Crippen molar-refractivity contribution in [1.82, 2.24) is 39.9 Å². The maximum Gasteiger partial charge on any atom is 0.434 e. The molecule has 2 amide bonds. The van der Waals surface area contributed by atoms with E-state index in [9.17, 15) is 46.1 Å². The lowest BCUT2D eigenvalue weighted by Crippen LogP contribution is -2.39. The quantitative estimate of drug-likeness (QED) is 0.202. The molecule has 0 bridgehead atoms. The molecule has 4 aromatic heterocycles. The lowest BCUT2D eigenvalue weighted by Gasteiger charge is -2.28. The first-order valence-corrected chi connectivity index (χ1v) is 20.6. The van der Waals surface area contributed by atoms with Gasteiger partial charge in [0.2, 0.25) is 23.8 Å². The average Bonchev–Trinajstić information content (AvgIpc) is 4.03. The number of nitrogens with two attached hydrogens (primary N) is 2. The number of ether oxygens (including phenoxy) is 4. The van der Waals surface area contributed by atoms with Gasteiger partial charge in [0.25, 0.3) is 0 Å². The van der Waals surface area contributed by atoms with Crippen molar-refractivity contribution >= 4 is 47.6 Å². The summed E-state index contributed by atoms with van der Waals surface area (Å²) in [7, 11) is 0. The van der Waals surface area contributed by atoms with E-state index < -0.39 is 95.5 Å². The van der Waals surface area contributed by atoms with Crippen molar-refractivity contribution in [1.29, 1.82) is 0 Å². The molecule has 67 heavy (non-hydrogen) atoms. The molecule has 2 unspecified atom stereocenters. The Balaban J connectivity index is 0.000000179. The van der Waals surface area contributed by atoms with Gasteiger partial charge in [-0.2, -0.15) is 36.3 Å². The van der Waals surface area contributed by atoms with Gasteiger partial charge in [0.05, 0.1) is 62.1 Å². The van der Waals surface area contributed by atoms with Crippen molar-refractivity contribution in [3.63, 3.8) is 0 Å². The van der Waals surface area contributed by atoms with Gasteiger partial charge in [0.15, 0.2) is 23.6 Å². The Morgan fingerprint density at radius 1 is 0.582 bits per heavy atom. The molecule has 4 saturated heterocycles. The molecule has 0 spiro atoms. The molecule has 10 rings (SSSR count). The number of rotatable bonds is 6. The van der Waals surface area contributed by atoms with Crippen LogP contribution < -0.4 is 31.1 Å². The Hall–Kier alpha value is -6.52. The van der Waals surface area contributed by atoms with Crippen LogP contribution in [0.3, 0.4) is 0 Å². The summed E-state index contributed by atoms with van der Waals surface area (Å²) in [5.41, 5.74) is 7.27. The topological polar surface area (TPSA) is 280 Å². The number of aromatic nitrogens is 8. The van der Waals surface area contributed by atoms with Crippen LogP contribution in [-0.2, 0) is 31.3 Å². The minimum atomic E-state index is -4.82. The van der Waals surface area contributed by atoms with Gasteiger partial charge >= 0.3 is 24.5 Å². The van der Waals surface area contributed by atoms with E-state index in [4.69, 9.17) is 30.4 Å². The minimum absolute atomic E-state index is 0. The van der Waals surface area contributed by atoms with Gasteiger partial charge in [0, 0.05) is 61.8 Å². The molecule has 360 valence electrons. The zero-order valence-electron chi connectivity index (χ0n) is 34.4. The Morgan fingerprint density at radius 2 is 0.955 bits per heavy atom. The fourth-order valence-electron chi connectivity index (χ4n) is 8.64. The summed E-state index contributed by atoms with van der Waals surface area (Å²) in [5, 5.41) is 20.2. The Bertz CT molecular complexity index is 2330. The van der Waals surface area contributed by atoms with Crippen LogP contribution in [0.15, 0.2) is 24.5 Å². The predicted molar refractivity (Wildman–Crippen MR) is 221 cm³/mol. The molecule has 4 aromatic rings. The number of amides is 2. The molecule has 6 atom stereocenters. The molecule has 6 fully saturated rings. The van der Waals surface area contributed by atoms with Gasteiger partial charge in [-0.15, -0.1) is 0 Å². The molecule has 8 heterocycles. The SMILES string of the molecule is C.Nc1ncc(-c2cc(N3C(=O)OC4[C@@H](O)CC[C@@H]43)nc(N3CCOCC3)n2)c(C(F)(F)F)n1.Nc1ncc(-c2cc(N3C(=O)OC4[C@H](O)CC[C@H]43)nc(N3CCOCC3)n2)c(C(F)(F)F)n1. The highest BCUT2D eigenvalue weighted by Gasteiger charge is 2.52. The summed E-state index contributed by atoms with van der Waals surface area (Å²) in [6.07, 6.45) is -10.5. The van der Waals surface area contributed by atoms with E-state index in [1.807, 2.05) is 0 Å². The number of fused-ring (bicyclic) bond motifs is 2. The third-order valence-corrected chi connectivity index (χ3v) is 11.8. The van der Waals surface area contributed by atoms with Crippen molar-refractivity contribution < 1.29 is 65.1 Å². The van der Waals surface area contributed by atoms with Gasteiger partial charge in [-0.1, -0.05) is 7.43 Å². The summed E-state index contributed by atoms with van der Waals surface area (Å²) < 4.78 is 104. The van der Waals surface area contributed by atoms with Crippen molar-refractivity contribution in [2.45, 2.75) is 82.0 Å². The first-order valence-electron chi connectivity index (χ1n) is 20.6. The van der Waals surface area contributed by atoms with Crippen LogP contribution in [0, 0.1) is 0 Å². The highest BCUT2D eigenvalue weighted by Crippen LogP contribution is 2.42. The maximum atomic E-state index is 13.7. The largest absolute Gasteiger partial charge is 0.441 e. The van der Waals surface area contributed by atoms with E-state index in [-0.39, 0.29) is 42.3 Å². The van der Waals surface area contributed by atoms with Crippen molar-refractivity contribution in [3.8, 4) is 22.5 Å². The van der Waals surface area contributed by atoms with Crippen LogP contribution in [0.5, 0.6) is 0 Å². The normalized spacial score (nSPS) is 25.0. The second-order valence-electron chi connectivity index (χ2n) is 15.9. The number of morpholine rings is 2.